The summed E-state index contributed by atoms with van der Waals surface area (Å²) in [7, 11) is 3.20. The van der Waals surface area contributed by atoms with Crippen molar-refractivity contribution in [3.63, 3.8) is 0 Å². The van der Waals surface area contributed by atoms with Gasteiger partial charge in [0, 0.05) is 6.07 Å². The minimum Gasteiger partial charge on any atom is -0.497 e. The van der Waals surface area contributed by atoms with Gasteiger partial charge >= 0.3 is 0 Å². The van der Waals surface area contributed by atoms with E-state index in [1.165, 1.54) is 12.4 Å². The van der Waals surface area contributed by atoms with Crippen molar-refractivity contribution in [2.75, 3.05) is 25.3 Å². The van der Waals surface area contributed by atoms with Gasteiger partial charge in [0.1, 0.15) is 11.5 Å². The van der Waals surface area contributed by atoms with E-state index in [0.717, 1.165) is 5.69 Å². The van der Waals surface area contributed by atoms with Gasteiger partial charge in [-0.3, -0.25) is 0 Å². The highest BCUT2D eigenvalue weighted by Gasteiger charge is 2.06. The van der Waals surface area contributed by atoms with Gasteiger partial charge in [-0.25, -0.2) is 9.97 Å². The van der Waals surface area contributed by atoms with Crippen molar-refractivity contribution in [3.8, 4) is 11.5 Å². The highest BCUT2D eigenvalue weighted by atomic mass is 16.5. The van der Waals surface area contributed by atoms with Gasteiger partial charge in [-0.1, -0.05) is 0 Å². The van der Waals surface area contributed by atoms with Crippen LogP contribution in [0.3, 0.4) is 0 Å². The van der Waals surface area contributed by atoms with E-state index in [1.54, 1.807) is 26.4 Å². The van der Waals surface area contributed by atoms with Crippen LogP contribution in [0.1, 0.15) is 0 Å². The Hall–Kier alpha value is -2.50. The molecule has 2 rings (SSSR count). The first-order valence-electron chi connectivity index (χ1n) is 5.29. The molecule has 94 valence electrons. The average Bonchev–Trinajstić information content (AvgIpc) is 2.41. The van der Waals surface area contributed by atoms with Gasteiger partial charge in [-0.2, -0.15) is 0 Å². The summed E-state index contributed by atoms with van der Waals surface area (Å²) >= 11 is 0. The quantitative estimate of drug-likeness (QED) is 0.856. The highest BCUT2D eigenvalue weighted by molar-refractivity contribution is 5.65. The molecule has 18 heavy (non-hydrogen) atoms. The number of nitrogens with one attached hydrogen (secondary N) is 1. The number of hydrogen-bond donors (Lipinski definition) is 2. The molecule has 0 radical (unpaired) electrons. The number of ether oxygens (including phenoxy) is 2. The van der Waals surface area contributed by atoms with Crippen molar-refractivity contribution < 1.29 is 9.47 Å². The number of benzene rings is 1. The topological polar surface area (TPSA) is 82.3 Å². The Bertz CT molecular complexity index is 528. The molecular weight excluding hydrogens is 232 g/mol. The van der Waals surface area contributed by atoms with Gasteiger partial charge < -0.3 is 20.5 Å². The SMILES string of the molecule is COc1ccc(OC)c(Nc2ncc(N)cn2)c1. The predicted octanol–water partition coefficient (Wildman–Crippen LogP) is 1.82. The van der Waals surface area contributed by atoms with Gasteiger partial charge in [-0.15, -0.1) is 0 Å². The minimum absolute atomic E-state index is 0.441. The molecule has 0 amide bonds. The van der Waals surface area contributed by atoms with E-state index >= 15 is 0 Å². The fourth-order valence-corrected chi connectivity index (χ4v) is 1.43. The molecule has 0 atom stereocenters. The zero-order valence-corrected chi connectivity index (χ0v) is 10.2. The summed E-state index contributed by atoms with van der Waals surface area (Å²) in [5.41, 5.74) is 6.76. The van der Waals surface area contributed by atoms with E-state index in [4.69, 9.17) is 15.2 Å². The van der Waals surface area contributed by atoms with E-state index < -0.39 is 0 Å². The summed E-state index contributed by atoms with van der Waals surface area (Å²) in [6.07, 6.45) is 3.06. The van der Waals surface area contributed by atoms with Crippen LogP contribution >= 0.6 is 0 Å². The van der Waals surface area contributed by atoms with Crippen LogP contribution in [0.25, 0.3) is 0 Å². The largest absolute Gasteiger partial charge is 0.497 e. The molecule has 0 bridgehead atoms. The van der Waals surface area contributed by atoms with E-state index in [9.17, 15) is 0 Å². The molecular formula is C12H14N4O2. The summed E-state index contributed by atoms with van der Waals surface area (Å²) in [6.45, 7) is 0. The van der Waals surface area contributed by atoms with Crippen LogP contribution in [-0.2, 0) is 0 Å². The first-order chi connectivity index (χ1) is 8.72. The van der Waals surface area contributed by atoms with Gasteiger partial charge in [0.2, 0.25) is 5.95 Å². The molecule has 0 spiro atoms. The number of rotatable bonds is 4. The van der Waals surface area contributed by atoms with E-state index in [2.05, 4.69) is 15.3 Å². The number of methoxy groups -OCH3 is 2. The third kappa shape index (κ3) is 2.60. The van der Waals surface area contributed by atoms with Gasteiger partial charge in [0.05, 0.1) is 38.0 Å². The van der Waals surface area contributed by atoms with Crippen molar-refractivity contribution >= 4 is 17.3 Å². The zero-order chi connectivity index (χ0) is 13.0. The second-order valence-electron chi connectivity index (χ2n) is 3.53. The van der Waals surface area contributed by atoms with Crippen LogP contribution in [0.5, 0.6) is 11.5 Å². The number of nitrogen functional groups attached to an aromatic ring is 1. The molecule has 1 heterocycles. The first-order valence-corrected chi connectivity index (χ1v) is 5.29. The van der Waals surface area contributed by atoms with Gasteiger partial charge in [-0.05, 0) is 12.1 Å². The first kappa shape index (κ1) is 12.0. The number of hydrogen-bond acceptors (Lipinski definition) is 6. The highest BCUT2D eigenvalue weighted by Crippen LogP contribution is 2.30. The van der Waals surface area contributed by atoms with Gasteiger partial charge in [0.25, 0.3) is 0 Å². The lowest BCUT2D eigenvalue weighted by Crippen LogP contribution is -2.00. The molecule has 0 aliphatic heterocycles. The molecule has 1 aromatic heterocycles. The van der Waals surface area contributed by atoms with Crippen LogP contribution in [0.2, 0.25) is 0 Å². The number of nitrogens with two attached hydrogens (primary N) is 1. The molecule has 0 saturated heterocycles. The van der Waals surface area contributed by atoms with Crippen molar-refractivity contribution in [2.45, 2.75) is 0 Å². The van der Waals surface area contributed by atoms with Gasteiger partial charge in [0.15, 0.2) is 0 Å². The van der Waals surface area contributed by atoms with Crippen LogP contribution in [0.4, 0.5) is 17.3 Å². The van der Waals surface area contributed by atoms with E-state index in [-0.39, 0.29) is 0 Å². The summed E-state index contributed by atoms with van der Waals surface area (Å²) in [5.74, 6) is 1.83. The molecule has 2 aromatic rings. The van der Waals surface area contributed by atoms with Crippen molar-refractivity contribution in [3.05, 3.63) is 30.6 Å². The molecule has 0 aliphatic rings. The standard InChI is InChI=1S/C12H14N4O2/c1-17-9-3-4-11(18-2)10(5-9)16-12-14-6-8(13)7-15-12/h3-7H,13H2,1-2H3,(H,14,15,16). The smallest absolute Gasteiger partial charge is 0.227 e. The Labute approximate surface area is 105 Å². The normalized spacial score (nSPS) is 9.89. The number of nitrogens with zero attached hydrogens (tertiary/aromatic N) is 2. The molecule has 1 aromatic carbocycles. The third-order valence-corrected chi connectivity index (χ3v) is 2.32. The van der Waals surface area contributed by atoms with Crippen LogP contribution in [0, 0.1) is 0 Å². The van der Waals surface area contributed by atoms with E-state index in [1.807, 2.05) is 6.07 Å². The lowest BCUT2D eigenvalue weighted by molar-refractivity contribution is 0.405. The average molecular weight is 246 g/mol. The van der Waals surface area contributed by atoms with Crippen LogP contribution in [0.15, 0.2) is 30.6 Å². The molecule has 6 heteroatoms. The minimum atomic E-state index is 0.441. The Kier molecular flexibility index (Phi) is 3.47. The maximum atomic E-state index is 5.52. The number of aromatic nitrogens is 2. The van der Waals surface area contributed by atoms with Crippen molar-refractivity contribution in [1.82, 2.24) is 9.97 Å². The monoisotopic (exact) mass is 246 g/mol. The van der Waals surface area contributed by atoms with Crippen LogP contribution < -0.4 is 20.5 Å². The predicted molar refractivity (Wildman–Crippen MR) is 69.3 cm³/mol. The second kappa shape index (κ2) is 5.22. The molecule has 0 aliphatic carbocycles. The zero-order valence-electron chi connectivity index (χ0n) is 10.2. The molecule has 0 fully saturated rings. The van der Waals surface area contributed by atoms with Crippen molar-refractivity contribution in [2.24, 2.45) is 0 Å². The Morgan fingerprint density at radius 3 is 2.44 bits per heavy atom. The lowest BCUT2D eigenvalue weighted by Gasteiger charge is -2.11. The number of anilines is 3. The summed E-state index contributed by atoms with van der Waals surface area (Å²) < 4.78 is 10.4. The van der Waals surface area contributed by atoms with E-state index in [0.29, 0.717) is 23.1 Å². The summed E-state index contributed by atoms with van der Waals surface area (Å²) in [6, 6.07) is 5.42. The van der Waals surface area contributed by atoms with Crippen LogP contribution in [-0.4, -0.2) is 24.2 Å². The molecule has 6 nitrogen and oxygen atoms in total. The maximum absolute atomic E-state index is 5.52. The lowest BCUT2D eigenvalue weighted by atomic mass is 10.2. The molecule has 0 saturated carbocycles. The second-order valence-corrected chi connectivity index (χ2v) is 3.53. The molecule has 3 N–H and O–H groups in total. The third-order valence-electron chi connectivity index (χ3n) is 2.32. The summed E-state index contributed by atoms with van der Waals surface area (Å²) in [4.78, 5) is 8.12. The fourth-order valence-electron chi connectivity index (χ4n) is 1.43. The fraction of sp³-hybridized carbons (Fsp3) is 0.167. The maximum Gasteiger partial charge on any atom is 0.227 e. The Morgan fingerprint density at radius 1 is 1.11 bits per heavy atom. The molecule has 0 unspecified atom stereocenters. The summed E-state index contributed by atoms with van der Waals surface area (Å²) in [5, 5.41) is 3.04. The Morgan fingerprint density at radius 2 is 1.83 bits per heavy atom. The van der Waals surface area contributed by atoms with Crippen molar-refractivity contribution in [1.29, 1.82) is 0 Å². The Balaban J connectivity index is 2.29.